The lowest BCUT2D eigenvalue weighted by Crippen LogP contribution is -2.10. The first-order chi connectivity index (χ1) is 9.74. The first kappa shape index (κ1) is 15.6. The van der Waals surface area contributed by atoms with E-state index in [0.29, 0.717) is 0 Å². The van der Waals surface area contributed by atoms with Gasteiger partial charge in [0.05, 0.1) is 5.75 Å². The average Bonchev–Trinajstić information content (AvgIpc) is 2.96. The van der Waals surface area contributed by atoms with E-state index in [1.807, 2.05) is 11.8 Å². The summed E-state index contributed by atoms with van der Waals surface area (Å²) in [6.07, 6.45) is 7.66. The SMILES string of the molecule is CCCNc1nc(CSC2CCCC2)nc(C)c1CC. The van der Waals surface area contributed by atoms with Crippen molar-refractivity contribution in [2.45, 2.75) is 70.3 Å². The Labute approximate surface area is 127 Å². The lowest BCUT2D eigenvalue weighted by atomic mass is 10.1. The minimum atomic E-state index is 0.830. The Bertz CT molecular complexity index is 428. The van der Waals surface area contributed by atoms with E-state index in [0.717, 1.165) is 47.7 Å². The quantitative estimate of drug-likeness (QED) is 0.811. The molecule has 1 heterocycles. The van der Waals surface area contributed by atoms with Crippen LogP contribution in [0.3, 0.4) is 0 Å². The molecule has 1 fully saturated rings. The Hall–Kier alpha value is -0.770. The molecule has 0 atom stereocenters. The fraction of sp³-hybridized carbons (Fsp3) is 0.750. The number of aryl methyl sites for hydroxylation is 1. The molecule has 4 heteroatoms. The van der Waals surface area contributed by atoms with Gasteiger partial charge >= 0.3 is 0 Å². The van der Waals surface area contributed by atoms with Crippen molar-refractivity contribution in [1.29, 1.82) is 0 Å². The highest BCUT2D eigenvalue weighted by Gasteiger charge is 2.17. The first-order valence-corrected chi connectivity index (χ1v) is 9.01. The molecule has 0 aliphatic heterocycles. The van der Waals surface area contributed by atoms with Crippen molar-refractivity contribution in [3.05, 3.63) is 17.1 Å². The van der Waals surface area contributed by atoms with Gasteiger partial charge in [0, 0.05) is 23.1 Å². The molecule has 0 unspecified atom stereocenters. The van der Waals surface area contributed by atoms with E-state index in [-0.39, 0.29) is 0 Å². The van der Waals surface area contributed by atoms with Crippen LogP contribution >= 0.6 is 11.8 Å². The Morgan fingerprint density at radius 2 is 1.95 bits per heavy atom. The van der Waals surface area contributed by atoms with Gasteiger partial charge < -0.3 is 5.32 Å². The maximum Gasteiger partial charge on any atom is 0.140 e. The summed E-state index contributed by atoms with van der Waals surface area (Å²) in [6.45, 7) is 7.46. The van der Waals surface area contributed by atoms with E-state index in [2.05, 4.69) is 26.1 Å². The van der Waals surface area contributed by atoms with Crippen molar-refractivity contribution < 1.29 is 0 Å². The number of nitrogens with zero attached hydrogens (tertiary/aromatic N) is 2. The summed E-state index contributed by atoms with van der Waals surface area (Å²) in [6, 6.07) is 0. The molecule has 1 N–H and O–H groups in total. The normalized spacial score (nSPS) is 15.8. The van der Waals surface area contributed by atoms with E-state index in [1.165, 1.54) is 31.2 Å². The zero-order valence-corrected chi connectivity index (χ0v) is 13.9. The Kier molecular flexibility index (Phi) is 6.14. The summed E-state index contributed by atoms with van der Waals surface area (Å²) < 4.78 is 0. The number of aromatic nitrogens is 2. The molecule has 20 heavy (non-hydrogen) atoms. The number of nitrogens with one attached hydrogen (secondary N) is 1. The second-order valence-corrected chi connectivity index (χ2v) is 6.84. The predicted molar refractivity (Wildman–Crippen MR) is 88.5 cm³/mol. The summed E-state index contributed by atoms with van der Waals surface area (Å²) in [7, 11) is 0. The van der Waals surface area contributed by atoms with Gasteiger partial charge in [0.25, 0.3) is 0 Å². The van der Waals surface area contributed by atoms with Crippen molar-refractivity contribution in [2.75, 3.05) is 11.9 Å². The van der Waals surface area contributed by atoms with E-state index >= 15 is 0 Å². The highest BCUT2D eigenvalue weighted by Crippen LogP contribution is 2.31. The monoisotopic (exact) mass is 293 g/mol. The smallest absolute Gasteiger partial charge is 0.140 e. The predicted octanol–water partition coefficient (Wildman–Crippen LogP) is 4.35. The van der Waals surface area contributed by atoms with Gasteiger partial charge in [0.2, 0.25) is 0 Å². The molecule has 0 spiro atoms. The van der Waals surface area contributed by atoms with Crippen LogP contribution in [0.25, 0.3) is 0 Å². The summed E-state index contributed by atoms with van der Waals surface area (Å²) in [5.74, 6) is 3.01. The van der Waals surface area contributed by atoms with Crippen LogP contribution in [0.2, 0.25) is 0 Å². The van der Waals surface area contributed by atoms with Crippen LogP contribution in [0, 0.1) is 6.92 Å². The van der Waals surface area contributed by atoms with E-state index in [9.17, 15) is 0 Å². The topological polar surface area (TPSA) is 37.8 Å². The highest BCUT2D eigenvalue weighted by molar-refractivity contribution is 7.99. The maximum absolute atomic E-state index is 4.76. The van der Waals surface area contributed by atoms with Gasteiger partial charge in [-0.1, -0.05) is 26.7 Å². The molecule has 1 saturated carbocycles. The molecule has 1 aromatic heterocycles. The maximum atomic E-state index is 4.76. The minimum absolute atomic E-state index is 0.830. The molecule has 1 aliphatic rings. The van der Waals surface area contributed by atoms with Crippen molar-refractivity contribution in [3.8, 4) is 0 Å². The van der Waals surface area contributed by atoms with Gasteiger partial charge in [-0.25, -0.2) is 9.97 Å². The van der Waals surface area contributed by atoms with Crippen molar-refractivity contribution in [3.63, 3.8) is 0 Å². The molecule has 112 valence electrons. The second kappa shape index (κ2) is 7.87. The van der Waals surface area contributed by atoms with Gasteiger partial charge in [-0.05, 0) is 32.6 Å². The standard InChI is InChI=1S/C16H27N3S/c1-4-10-17-16-14(5-2)12(3)18-15(19-16)11-20-13-8-6-7-9-13/h13H,4-11H2,1-3H3,(H,17,18,19). The Balaban J connectivity index is 2.05. The molecule has 1 aromatic rings. The lowest BCUT2D eigenvalue weighted by molar-refractivity contribution is 0.886. The zero-order valence-electron chi connectivity index (χ0n) is 13.0. The number of rotatable bonds is 7. The van der Waals surface area contributed by atoms with E-state index in [1.54, 1.807) is 0 Å². The first-order valence-electron chi connectivity index (χ1n) is 7.96. The summed E-state index contributed by atoms with van der Waals surface area (Å²) in [5, 5.41) is 4.29. The number of hydrogen-bond donors (Lipinski definition) is 1. The summed E-state index contributed by atoms with van der Waals surface area (Å²) >= 11 is 2.04. The lowest BCUT2D eigenvalue weighted by Gasteiger charge is -2.14. The van der Waals surface area contributed by atoms with Gasteiger partial charge in [0.15, 0.2) is 0 Å². The Morgan fingerprint density at radius 1 is 1.20 bits per heavy atom. The van der Waals surface area contributed by atoms with E-state index < -0.39 is 0 Å². The van der Waals surface area contributed by atoms with Gasteiger partial charge in [0.1, 0.15) is 11.6 Å². The summed E-state index contributed by atoms with van der Waals surface area (Å²) in [5.41, 5.74) is 2.41. The van der Waals surface area contributed by atoms with E-state index in [4.69, 9.17) is 9.97 Å². The van der Waals surface area contributed by atoms with Gasteiger partial charge in [-0.3, -0.25) is 0 Å². The number of hydrogen-bond acceptors (Lipinski definition) is 4. The van der Waals surface area contributed by atoms with Crippen LogP contribution in [-0.4, -0.2) is 21.8 Å². The van der Waals surface area contributed by atoms with Crippen molar-refractivity contribution in [2.24, 2.45) is 0 Å². The molecule has 2 rings (SSSR count). The van der Waals surface area contributed by atoms with Crippen molar-refractivity contribution >= 4 is 17.6 Å². The average molecular weight is 293 g/mol. The molecule has 0 aromatic carbocycles. The minimum Gasteiger partial charge on any atom is -0.370 e. The van der Waals surface area contributed by atoms with Gasteiger partial charge in [-0.15, -0.1) is 0 Å². The molecule has 0 bridgehead atoms. The second-order valence-electron chi connectivity index (χ2n) is 5.55. The summed E-state index contributed by atoms with van der Waals surface area (Å²) in [4.78, 5) is 9.46. The Morgan fingerprint density at radius 3 is 2.60 bits per heavy atom. The fourth-order valence-electron chi connectivity index (χ4n) is 2.78. The largest absolute Gasteiger partial charge is 0.370 e. The molecule has 0 saturated heterocycles. The van der Waals surface area contributed by atoms with Crippen LogP contribution in [0.5, 0.6) is 0 Å². The highest BCUT2D eigenvalue weighted by atomic mass is 32.2. The molecule has 1 aliphatic carbocycles. The molecule has 3 nitrogen and oxygen atoms in total. The molecule has 0 radical (unpaired) electrons. The van der Waals surface area contributed by atoms with Gasteiger partial charge in [-0.2, -0.15) is 11.8 Å². The zero-order chi connectivity index (χ0) is 14.4. The van der Waals surface area contributed by atoms with Crippen LogP contribution in [0.1, 0.15) is 63.0 Å². The number of thioether (sulfide) groups is 1. The van der Waals surface area contributed by atoms with Crippen LogP contribution in [0.4, 0.5) is 5.82 Å². The van der Waals surface area contributed by atoms with Crippen molar-refractivity contribution in [1.82, 2.24) is 9.97 Å². The third-order valence-electron chi connectivity index (χ3n) is 3.91. The van der Waals surface area contributed by atoms with Crippen LogP contribution in [0.15, 0.2) is 0 Å². The third-order valence-corrected chi connectivity index (χ3v) is 5.27. The molecular formula is C16H27N3S. The van der Waals surface area contributed by atoms with Crippen LogP contribution < -0.4 is 5.32 Å². The molecular weight excluding hydrogens is 266 g/mol. The fourth-order valence-corrected chi connectivity index (χ4v) is 3.96. The third kappa shape index (κ3) is 4.11. The number of anilines is 1. The van der Waals surface area contributed by atoms with Crippen LogP contribution in [-0.2, 0) is 12.2 Å². The molecule has 0 amide bonds.